The van der Waals surface area contributed by atoms with Crippen LogP contribution < -0.4 is 0 Å². The molecule has 0 amide bonds. The third-order valence-electron chi connectivity index (χ3n) is 1.62. The second kappa shape index (κ2) is 4.40. The maximum Gasteiger partial charge on any atom is 0.226 e. The Kier molecular flexibility index (Phi) is 3.46. The third kappa shape index (κ3) is 3.57. The first-order valence-corrected chi connectivity index (χ1v) is 4.72. The van der Waals surface area contributed by atoms with Gasteiger partial charge in [0.05, 0.1) is 0 Å². The molecule has 0 aromatic carbocycles. The highest BCUT2D eigenvalue weighted by Gasteiger charge is 2.08. The van der Waals surface area contributed by atoms with Crippen molar-refractivity contribution in [3.8, 4) is 0 Å². The van der Waals surface area contributed by atoms with Gasteiger partial charge in [-0.2, -0.15) is 4.98 Å². The lowest BCUT2D eigenvalue weighted by atomic mass is 10.1. The molecule has 0 aliphatic rings. The summed E-state index contributed by atoms with van der Waals surface area (Å²) in [4.78, 5) is 4.27. The molecule has 0 fully saturated rings. The van der Waals surface area contributed by atoms with E-state index < -0.39 is 0 Å². The summed E-state index contributed by atoms with van der Waals surface area (Å²) >= 11 is 0. The van der Waals surface area contributed by atoms with Crippen molar-refractivity contribution in [1.29, 1.82) is 0 Å². The molecule has 0 N–H and O–H groups in total. The molecule has 0 saturated heterocycles. The van der Waals surface area contributed by atoms with Crippen molar-refractivity contribution in [1.82, 2.24) is 10.1 Å². The Morgan fingerprint density at radius 1 is 1.31 bits per heavy atom. The zero-order valence-electron chi connectivity index (χ0n) is 8.58. The Morgan fingerprint density at radius 2 is 2.00 bits per heavy atom. The summed E-state index contributed by atoms with van der Waals surface area (Å²) in [5.74, 6) is 2.42. The lowest BCUT2D eigenvalue weighted by Crippen LogP contribution is -1.98. The zero-order valence-corrected chi connectivity index (χ0v) is 8.58. The SMILES string of the molecule is [CH2]C(C)Cc1nc(CC(C)C)no1. The van der Waals surface area contributed by atoms with Crippen LogP contribution in [0, 0.1) is 18.8 Å². The van der Waals surface area contributed by atoms with Crippen molar-refractivity contribution >= 4 is 0 Å². The fraction of sp³-hybridized carbons (Fsp3) is 0.700. The third-order valence-corrected chi connectivity index (χ3v) is 1.62. The second-order valence-corrected chi connectivity index (χ2v) is 4.01. The van der Waals surface area contributed by atoms with Crippen LogP contribution in [0.15, 0.2) is 4.52 Å². The first-order chi connectivity index (χ1) is 6.08. The number of nitrogens with zero attached hydrogens (tertiary/aromatic N) is 2. The van der Waals surface area contributed by atoms with E-state index in [0.29, 0.717) is 17.7 Å². The number of aromatic nitrogens is 2. The van der Waals surface area contributed by atoms with Crippen LogP contribution in [0.25, 0.3) is 0 Å². The van der Waals surface area contributed by atoms with E-state index in [1.165, 1.54) is 0 Å². The van der Waals surface area contributed by atoms with Crippen LogP contribution in [0.3, 0.4) is 0 Å². The van der Waals surface area contributed by atoms with Crippen LogP contribution in [0.1, 0.15) is 32.5 Å². The van der Waals surface area contributed by atoms with Gasteiger partial charge in [0.25, 0.3) is 0 Å². The molecule has 1 aromatic heterocycles. The minimum absolute atomic E-state index is 0.326. The first kappa shape index (κ1) is 10.2. The van der Waals surface area contributed by atoms with E-state index in [9.17, 15) is 0 Å². The Bertz CT molecular complexity index is 229. The predicted octanol–water partition coefficient (Wildman–Crippen LogP) is 2.28. The van der Waals surface area contributed by atoms with Crippen LogP contribution in [0.5, 0.6) is 0 Å². The fourth-order valence-corrected chi connectivity index (χ4v) is 1.12. The topological polar surface area (TPSA) is 38.9 Å². The highest BCUT2D eigenvalue weighted by Crippen LogP contribution is 2.08. The Hall–Kier alpha value is -0.860. The number of hydrogen-bond donors (Lipinski definition) is 0. The molecule has 1 unspecified atom stereocenters. The summed E-state index contributed by atoms with van der Waals surface area (Å²) in [5.41, 5.74) is 0. The summed E-state index contributed by atoms with van der Waals surface area (Å²) in [6.45, 7) is 10.2. The quantitative estimate of drug-likeness (QED) is 0.715. The van der Waals surface area contributed by atoms with E-state index in [-0.39, 0.29) is 0 Å². The molecule has 13 heavy (non-hydrogen) atoms. The van der Waals surface area contributed by atoms with Gasteiger partial charge in [-0.05, 0) is 18.8 Å². The summed E-state index contributed by atoms with van der Waals surface area (Å²) in [6, 6.07) is 0. The van der Waals surface area contributed by atoms with Crippen LogP contribution >= 0.6 is 0 Å². The van der Waals surface area contributed by atoms with Crippen LogP contribution in [-0.2, 0) is 12.8 Å². The minimum atomic E-state index is 0.326. The van der Waals surface area contributed by atoms with Gasteiger partial charge in [-0.1, -0.05) is 25.9 Å². The fourth-order valence-electron chi connectivity index (χ4n) is 1.12. The molecule has 1 atom stereocenters. The van der Waals surface area contributed by atoms with Crippen LogP contribution in [0.2, 0.25) is 0 Å². The molecular weight excluding hydrogens is 164 g/mol. The highest BCUT2D eigenvalue weighted by molar-refractivity contribution is 4.88. The van der Waals surface area contributed by atoms with Crippen LogP contribution in [0.4, 0.5) is 0 Å². The number of rotatable bonds is 4. The van der Waals surface area contributed by atoms with Gasteiger partial charge in [-0.3, -0.25) is 0 Å². The van der Waals surface area contributed by atoms with Crippen molar-refractivity contribution in [3.05, 3.63) is 18.6 Å². The summed E-state index contributed by atoms with van der Waals surface area (Å²) < 4.78 is 5.08. The van der Waals surface area contributed by atoms with E-state index >= 15 is 0 Å². The van der Waals surface area contributed by atoms with Gasteiger partial charge in [-0.25, -0.2) is 0 Å². The van der Waals surface area contributed by atoms with Crippen LogP contribution in [-0.4, -0.2) is 10.1 Å². The number of hydrogen-bond acceptors (Lipinski definition) is 3. The normalized spacial score (nSPS) is 11.5. The second-order valence-electron chi connectivity index (χ2n) is 4.01. The highest BCUT2D eigenvalue weighted by atomic mass is 16.5. The average molecular weight is 181 g/mol. The molecule has 3 nitrogen and oxygen atoms in total. The Labute approximate surface area is 79.5 Å². The molecule has 73 valence electrons. The van der Waals surface area contributed by atoms with E-state index in [1.807, 2.05) is 6.92 Å². The van der Waals surface area contributed by atoms with Gasteiger partial charge in [0.15, 0.2) is 5.82 Å². The molecule has 3 heteroatoms. The van der Waals surface area contributed by atoms with Crippen molar-refractivity contribution < 1.29 is 4.52 Å². The molecule has 0 spiro atoms. The minimum Gasteiger partial charge on any atom is -0.339 e. The van der Waals surface area contributed by atoms with E-state index in [2.05, 4.69) is 30.9 Å². The maximum atomic E-state index is 5.08. The molecule has 1 heterocycles. The Balaban J connectivity index is 2.53. The Morgan fingerprint density at radius 3 is 2.54 bits per heavy atom. The van der Waals surface area contributed by atoms with Gasteiger partial charge < -0.3 is 4.52 Å². The lowest BCUT2D eigenvalue weighted by Gasteiger charge is -1.97. The monoisotopic (exact) mass is 181 g/mol. The molecular formula is C10H17N2O. The van der Waals surface area contributed by atoms with Gasteiger partial charge in [0, 0.05) is 12.8 Å². The zero-order chi connectivity index (χ0) is 9.84. The lowest BCUT2D eigenvalue weighted by molar-refractivity contribution is 0.361. The molecule has 1 radical (unpaired) electrons. The summed E-state index contributed by atoms with van der Waals surface area (Å²) in [5, 5.41) is 3.90. The molecule has 0 aliphatic heterocycles. The van der Waals surface area contributed by atoms with Crippen molar-refractivity contribution in [3.63, 3.8) is 0 Å². The summed E-state index contributed by atoms with van der Waals surface area (Å²) in [7, 11) is 0. The van der Waals surface area contributed by atoms with Gasteiger partial charge in [0.1, 0.15) is 0 Å². The molecule has 0 bridgehead atoms. The van der Waals surface area contributed by atoms with E-state index in [0.717, 1.165) is 18.7 Å². The van der Waals surface area contributed by atoms with Gasteiger partial charge in [-0.15, -0.1) is 0 Å². The molecule has 1 rings (SSSR count). The smallest absolute Gasteiger partial charge is 0.226 e. The standard InChI is InChI=1S/C10H17N2O/c1-7(2)5-9-11-10(13-12-9)6-8(3)4/h7-8H,3,5-6H2,1-2,4H3. The maximum absolute atomic E-state index is 5.08. The van der Waals surface area contributed by atoms with Crippen molar-refractivity contribution in [2.24, 2.45) is 11.8 Å². The van der Waals surface area contributed by atoms with Crippen molar-refractivity contribution in [2.75, 3.05) is 0 Å². The largest absolute Gasteiger partial charge is 0.339 e. The molecule has 0 saturated carbocycles. The van der Waals surface area contributed by atoms with Gasteiger partial charge in [0.2, 0.25) is 5.89 Å². The van der Waals surface area contributed by atoms with E-state index in [1.54, 1.807) is 0 Å². The average Bonchev–Trinajstić information content (AvgIpc) is 2.33. The van der Waals surface area contributed by atoms with E-state index in [4.69, 9.17) is 4.52 Å². The predicted molar refractivity (Wildman–Crippen MR) is 51.1 cm³/mol. The van der Waals surface area contributed by atoms with Crippen molar-refractivity contribution in [2.45, 2.75) is 33.6 Å². The first-order valence-electron chi connectivity index (χ1n) is 4.72. The summed E-state index contributed by atoms with van der Waals surface area (Å²) in [6.07, 6.45) is 1.65. The van der Waals surface area contributed by atoms with Gasteiger partial charge >= 0.3 is 0 Å². The molecule has 1 aromatic rings. The molecule has 0 aliphatic carbocycles.